The standard InChI is InChI=1S/C16H14ClN3O6/c1-25-14-7-10(20(23)24)3-5-13(14)19-15(21)8-26-16(22)9-2-4-11(17)12(18)6-9/h2-7H,8,18H2,1H3,(H,19,21). The maximum Gasteiger partial charge on any atom is 0.338 e. The molecule has 9 nitrogen and oxygen atoms in total. The number of nitrogen functional groups attached to an aromatic ring is 1. The highest BCUT2D eigenvalue weighted by Crippen LogP contribution is 2.29. The lowest BCUT2D eigenvalue weighted by Crippen LogP contribution is -2.21. The summed E-state index contributed by atoms with van der Waals surface area (Å²) in [7, 11) is 1.31. The molecule has 26 heavy (non-hydrogen) atoms. The summed E-state index contributed by atoms with van der Waals surface area (Å²) in [5, 5.41) is 13.5. The summed E-state index contributed by atoms with van der Waals surface area (Å²) < 4.78 is 9.90. The number of methoxy groups -OCH3 is 1. The molecule has 136 valence electrons. The van der Waals surface area contributed by atoms with Crippen molar-refractivity contribution >= 4 is 40.5 Å². The van der Waals surface area contributed by atoms with Gasteiger partial charge in [-0.25, -0.2) is 4.79 Å². The third kappa shape index (κ3) is 4.61. The lowest BCUT2D eigenvalue weighted by atomic mass is 10.2. The number of nitrogens with one attached hydrogen (secondary N) is 1. The van der Waals surface area contributed by atoms with Crippen molar-refractivity contribution in [2.24, 2.45) is 0 Å². The van der Waals surface area contributed by atoms with E-state index in [0.29, 0.717) is 5.02 Å². The van der Waals surface area contributed by atoms with Gasteiger partial charge in [0.25, 0.3) is 11.6 Å². The second kappa shape index (κ2) is 8.17. The molecule has 0 aliphatic carbocycles. The first-order chi connectivity index (χ1) is 12.3. The summed E-state index contributed by atoms with van der Waals surface area (Å²) in [6.07, 6.45) is 0. The number of amides is 1. The molecule has 0 aliphatic rings. The van der Waals surface area contributed by atoms with Crippen LogP contribution in [-0.4, -0.2) is 30.5 Å². The Balaban J connectivity index is 1.99. The second-order valence-corrected chi connectivity index (χ2v) is 5.41. The average Bonchev–Trinajstić information content (AvgIpc) is 2.62. The number of nitrogens with zero attached hydrogens (tertiary/aromatic N) is 1. The van der Waals surface area contributed by atoms with Crippen LogP contribution in [0.5, 0.6) is 5.75 Å². The van der Waals surface area contributed by atoms with Gasteiger partial charge >= 0.3 is 5.97 Å². The van der Waals surface area contributed by atoms with Gasteiger partial charge in [0.15, 0.2) is 6.61 Å². The van der Waals surface area contributed by atoms with Crippen molar-refractivity contribution in [2.45, 2.75) is 0 Å². The first-order valence-electron chi connectivity index (χ1n) is 7.16. The van der Waals surface area contributed by atoms with Crippen molar-refractivity contribution in [3.63, 3.8) is 0 Å². The number of hydrogen-bond donors (Lipinski definition) is 2. The number of nitro groups is 1. The number of rotatable bonds is 6. The van der Waals surface area contributed by atoms with E-state index in [1.54, 1.807) is 0 Å². The molecule has 0 fully saturated rings. The minimum Gasteiger partial charge on any atom is -0.494 e. The van der Waals surface area contributed by atoms with E-state index in [-0.39, 0.29) is 28.4 Å². The molecule has 0 radical (unpaired) electrons. The van der Waals surface area contributed by atoms with Gasteiger partial charge in [-0.1, -0.05) is 11.6 Å². The number of hydrogen-bond acceptors (Lipinski definition) is 7. The zero-order chi connectivity index (χ0) is 19.3. The van der Waals surface area contributed by atoms with Crippen molar-refractivity contribution in [3.8, 4) is 5.75 Å². The maximum atomic E-state index is 11.9. The van der Waals surface area contributed by atoms with Gasteiger partial charge in [-0.05, 0) is 24.3 Å². The number of nitrogens with two attached hydrogens (primary N) is 1. The minimum atomic E-state index is -0.751. The Morgan fingerprint density at radius 2 is 2.00 bits per heavy atom. The van der Waals surface area contributed by atoms with Crippen LogP contribution in [-0.2, 0) is 9.53 Å². The lowest BCUT2D eigenvalue weighted by Gasteiger charge is -2.10. The highest BCUT2D eigenvalue weighted by Gasteiger charge is 2.15. The normalized spacial score (nSPS) is 10.1. The Morgan fingerprint density at radius 3 is 2.62 bits per heavy atom. The maximum absolute atomic E-state index is 11.9. The summed E-state index contributed by atoms with van der Waals surface area (Å²) in [5.74, 6) is -1.30. The molecule has 0 bridgehead atoms. The molecule has 0 aliphatic heterocycles. The molecule has 0 spiro atoms. The smallest absolute Gasteiger partial charge is 0.338 e. The van der Waals surface area contributed by atoms with E-state index < -0.39 is 23.4 Å². The summed E-state index contributed by atoms with van der Waals surface area (Å²) in [6, 6.07) is 7.88. The molecule has 2 aromatic rings. The Labute approximate surface area is 152 Å². The van der Waals surface area contributed by atoms with E-state index in [9.17, 15) is 19.7 Å². The van der Waals surface area contributed by atoms with Crippen molar-refractivity contribution in [2.75, 3.05) is 24.8 Å². The van der Waals surface area contributed by atoms with Gasteiger partial charge in [-0.15, -0.1) is 0 Å². The zero-order valence-corrected chi connectivity index (χ0v) is 14.3. The largest absolute Gasteiger partial charge is 0.494 e. The van der Waals surface area contributed by atoms with E-state index >= 15 is 0 Å². The second-order valence-electron chi connectivity index (χ2n) is 5.00. The van der Waals surface area contributed by atoms with E-state index in [1.165, 1.54) is 37.4 Å². The number of non-ortho nitro benzene ring substituents is 1. The topological polar surface area (TPSA) is 134 Å². The predicted molar refractivity (Wildman–Crippen MR) is 94.4 cm³/mol. The summed E-state index contributed by atoms with van der Waals surface area (Å²) in [6.45, 7) is -0.568. The molecule has 0 aromatic heterocycles. The number of carbonyl (C=O) groups is 2. The Hall–Kier alpha value is -3.33. The van der Waals surface area contributed by atoms with Crippen LogP contribution in [0.3, 0.4) is 0 Å². The first kappa shape index (κ1) is 19.0. The van der Waals surface area contributed by atoms with Crippen molar-refractivity contribution in [3.05, 3.63) is 57.1 Å². The molecule has 3 N–H and O–H groups in total. The first-order valence-corrected chi connectivity index (χ1v) is 7.54. The minimum absolute atomic E-state index is 0.101. The molecule has 0 saturated heterocycles. The van der Waals surface area contributed by atoms with Gasteiger partial charge in [0.1, 0.15) is 5.75 Å². The van der Waals surface area contributed by atoms with Gasteiger partial charge < -0.3 is 20.5 Å². The van der Waals surface area contributed by atoms with Gasteiger partial charge in [0, 0.05) is 6.07 Å². The Kier molecular flexibility index (Phi) is 5.97. The van der Waals surface area contributed by atoms with Crippen molar-refractivity contribution in [1.82, 2.24) is 0 Å². The molecule has 2 rings (SSSR count). The highest BCUT2D eigenvalue weighted by atomic mass is 35.5. The van der Waals surface area contributed by atoms with Crippen molar-refractivity contribution in [1.29, 1.82) is 0 Å². The van der Waals surface area contributed by atoms with Crippen LogP contribution >= 0.6 is 11.6 Å². The number of carbonyl (C=O) groups excluding carboxylic acids is 2. The predicted octanol–water partition coefficient (Wildman–Crippen LogP) is 2.63. The third-order valence-corrected chi connectivity index (χ3v) is 3.58. The Bertz CT molecular complexity index is 871. The number of anilines is 2. The molecule has 0 unspecified atom stereocenters. The van der Waals surface area contributed by atoms with Gasteiger partial charge in [-0.3, -0.25) is 14.9 Å². The number of nitro benzene ring substituents is 1. The fourth-order valence-corrected chi connectivity index (χ4v) is 2.09. The van der Waals surface area contributed by atoms with E-state index in [1.807, 2.05) is 0 Å². The van der Waals surface area contributed by atoms with E-state index in [0.717, 1.165) is 6.07 Å². The van der Waals surface area contributed by atoms with Crippen LogP contribution < -0.4 is 15.8 Å². The fourth-order valence-electron chi connectivity index (χ4n) is 1.97. The van der Waals surface area contributed by atoms with Crippen LogP contribution in [0.15, 0.2) is 36.4 Å². The molecule has 1 amide bonds. The molecule has 0 heterocycles. The molecular formula is C16H14ClN3O6. The van der Waals surface area contributed by atoms with Gasteiger partial charge in [-0.2, -0.15) is 0 Å². The van der Waals surface area contributed by atoms with Gasteiger partial charge in [0.05, 0.1) is 40.1 Å². The Morgan fingerprint density at radius 1 is 1.27 bits per heavy atom. The van der Waals surface area contributed by atoms with Crippen LogP contribution in [0.25, 0.3) is 0 Å². The lowest BCUT2D eigenvalue weighted by molar-refractivity contribution is -0.384. The molecule has 2 aromatic carbocycles. The van der Waals surface area contributed by atoms with Crippen LogP contribution in [0.2, 0.25) is 5.02 Å². The van der Waals surface area contributed by atoms with Crippen LogP contribution in [0.1, 0.15) is 10.4 Å². The molecule has 0 atom stereocenters. The number of ether oxygens (including phenoxy) is 2. The number of benzene rings is 2. The fraction of sp³-hybridized carbons (Fsp3) is 0.125. The average molecular weight is 380 g/mol. The quantitative estimate of drug-likeness (QED) is 0.341. The van der Waals surface area contributed by atoms with E-state index in [4.69, 9.17) is 26.8 Å². The molecular weight excluding hydrogens is 366 g/mol. The number of halogens is 1. The monoisotopic (exact) mass is 379 g/mol. The van der Waals surface area contributed by atoms with Crippen molar-refractivity contribution < 1.29 is 24.0 Å². The SMILES string of the molecule is COc1cc([N+](=O)[O-])ccc1NC(=O)COC(=O)c1ccc(Cl)c(N)c1. The number of esters is 1. The van der Waals surface area contributed by atoms with Crippen LogP contribution in [0.4, 0.5) is 17.1 Å². The molecule has 0 saturated carbocycles. The zero-order valence-electron chi connectivity index (χ0n) is 13.5. The third-order valence-electron chi connectivity index (χ3n) is 3.24. The summed E-state index contributed by atoms with van der Waals surface area (Å²) in [5.41, 5.74) is 5.97. The summed E-state index contributed by atoms with van der Waals surface area (Å²) in [4.78, 5) is 34.0. The van der Waals surface area contributed by atoms with Crippen LogP contribution in [0, 0.1) is 10.1 Å². The molecule has 10 heteroatoms. The van der Waals surface area contributed by atoms with Gasteiger partial charge in [0.2, 0.25) is 0 Å². The van der Waals surface area contributed by atoms with E-state index in [2.05, 4.69) is 5.32 Å². The summed E-state index contributed by atoms with van der Waals surface area (Å²) >= 11 is 5.77. The highest BCUT2D eigenvalue weighted by molar-refractivity contribution is 6.33.